The van der Waals surface area contributed by atoms with Crippen LogP contribution in [0.4, 0.5) is 0 Å². The minimum atomic E-state index is -0.429. The molecule has 1 saturated heterocycles. The molecular weight excluding hydrogens is 292 g/mol. The maximum Gasteiger partial charge on any atom is 0.248 e. The Morgan fingerprint density at radius 1 is 1.36 bits per heavy atom. The van der Waals surface area contributed by atoms with E-state index in [4.69, 9.17) is 14.0 Å². The Labute approximate surface area is 127 Å². The molecule has 0 bridgehead atoms. The largest absolute Gasteiger partial charge is 0.377 e. The van der Waals surface area contributed by atoms with Gasteiger partial charge in [0.2, 0.25) is 17.7 Å². The maximum absolute atomic E-state index is 12.1. The van der Waals surface area contributed by atoms with Gasteiger partial charge in [0, 0.05) is 34.4 Å². The van der Waals surface area contributed by atoms with Gasteiger partial charge in [-0.25, -0.2) is 0 Å². The van der Waals surface area contributed by atoms with Gasteiger partial charge in [-0.15, -0.1) is 0 Å². The van der Waals surface area contributed by atoms with Crippen LogP contribution in [0.15, 0.2) is 4.52 Å². The Morgan fingerprint density at radius 2 is 2.14 bits per heavy atom. The number of nitrogens with one attached hydrogen (secondary N) is 1. The van der Waals surface area contributed by atoms with E-state index in [1.807, 2.05) is 0 Å². The normalized spacial score (nSPS) is 21.1. The van der Waals surface area contributed by atoms with Gasteiger partial charge in [0.25, 0.3) is 0 Å². The average molecular weight is 312 g/mol. The summed E-state index contributed by atoms with van der Waals surface area (Å²) >= 11 is 0. The highest BCUT2D eigenvalue weighted by atomic mass is 16.5. The monoisotopic (exact) mass is 312 g/mol. The predicted molar refractivity (Wildman–Crippen MR) is 73.8 cm³/mol. The summed E-state index contributed by atoms with van der Waals surface area (Å²) in [6.45, 7) is 0.850. The molecule has 2 rings (SSSR count). The third kappa shape index (κ3) is 3.42. The number of nitrogens with zero attached hydrogens (tertiary/aromatic N) is 3. The fraction of sp³-hybridized carbons (Fsp3) is 0.692. The Hall–Kier alpha value is -2.00. The van der Waals surface area contributed by atoms with Crippen molar-refractivity contribution in [3.05, 3.63) is 11.7 Å². The number of aromatic nitrogens is 2. The molecule has 0 spiro atoms. The minimum Gasteiger partial charge on any atom is -0.377 e. The highest BCUT2D eigenvalue weighted by Gasteiger charge is 2.42. The van der Waals surface area contributed by atoms with Gasteiger partial charge < -0.3 is 24.2 Å². The lowest BCUT2D eigenvalue weighted by Crippen LogP contribution is -2.35. The maximum atomic E-state index is 12.1. The molecule has 1 N–H and O–H groups in total. The van der Waals surface area contributed by atoms with Crippen LogP contribution in [0.25, 0.3) is 0 Å². The van der Waals surface area contributed by atoms with Crippen LogP contribution < -0.4 is 5.32 Å². The van der Waals surface area contributed by atoms with Gasteiger partial charge in [-0.3, -0.25) is 9.59 Å². The van der Waals surface area contributed by atoms with E-state index in [0.717, 1.165) is 0 Å². The number of amides is 2. The fourth-order valence-corrected chi connectivity index (χ4v) is 2.53. The van der Waals surface area contributed by atoms with E-state index in [-0.39, 0.29) is 30.9 Å². The molecule has 0 aromatic carbocycles. The zero-order valence-corrected chi connectivity index (χ0v) is 12.9. The first-order valence-electron chi connectivity index (χ1n) is 6.90. The predicted octanol–water partition coefficient (Wildman–Crippen LogP) is -0.850. The van der Waals surface area contributed by atoms with Crippen LogP contribution in [0, 0.1) is 5.92 Å². The molecule has 0 aliphatic carbocycles. The van der Waals surface area contributed by atoms with Crippen LogP contribution in [-0.2, 0) is 25.7 Å². The zero-order chi connectivity index (χ0) is 16.1. The Balaban J connectivity index is 2.17. The van der Waals surface area contributed by atoms with Gasteiger partial charge in [-0.05, 0) is 0 Å². The Morgan fingerprint density at radius 3 is 2.77 bits per heavy atom. The molecule has 9 heteroatoms. The second-order valence-corrected chi connectivity index (χ2v) is 5.04. The lowest BCUT2D eigenvalue weighted by atomic mass is 9.95. The molecule has 2 atom stereocenters. The summed E-state index contributed by atoms with van der Waals surface area (Å²) in [7, 11) is 4.55. The van der Waals surface area contributed by atoms with E-state index in [1.54, 1.807) is 11.9 Å². The quantitative estimate of drug-likeness (QED) is 0.729. The summed E-state index contributed by atoms with van der Waals surface area (Å²) in [5.41, 5.74) is 0. The van der Waals surface area contributed by atoms with Gasteiger partial charge in [0.05, 0.1) is 11.8 Å². The molecule has 2 heterocycles. The summed E-state index contributed by atoms with van der Waals surface area (Å²) in [6, 6.07) is 0. The molecule has 1 aliphatic heterocycles. The van der Waals surface area contributed by atoms with Crippen molar-refractivity contribution in [3.63, 3.8) is 0 Å². The highest BCUT2D eigenvalue weighted by Crippen LogP contribution is 2.32. The summed E-state index contributed by atoms with van der Waals surface area (Å²) in [5, 5.41) is 6.41. The lowest BCUT2D eigenvalue weighted by molar-refractivity contribution is -0.134. The van der Waals surface area contributed by atoms with E-state index in [9.17, 15) is 9.59 Å². The van der Waals surface area contributed by atoms with E-state index in [2.05, 4.69) is 15.5 Å². The highest BCUT2D eigenvalue weighted by molar-refractivity contribution is 5.83. The van der Waals surface area contributed by atoms with Crippen molar-refractivity contribution in [1.82, 2.24) is 20.4 Å². The molecule has 0 radical (unpaired) electrons. The SMILES string of the molecule is CNC(=O)[C@@H]1CN(C(=O)COC)C[C@H]1c1nc(COC)no1. The standard InChI is InChI=1S/C13H20N4O5/c1-14-12(19)8-4-17(11(18)7-21-3)5-9(8)13-15-10(6-20-2)16-22-13/h8-9H,4-7H2,1-3H3,(H,14,19)/t8-,9-/m1/s1. The van der Waals surface area contributed by atoms with Gasteiger partial charge in [0.15, 0.2) is 5.82 Å². The summed E-state index contributed by atoms with van der Waals surface area (Å²) in [6.07, 6.45) is 0. The van der Waals surface area contributed by atoms with E-state index in [0.29, 0.717) is 24.8 Å². The number of hydrogen-bond acceptors (Lipinski definition) is 7. The molecule has 0 saturated carbocycles. The van der Waals surface area contributed by atoms with Crippen molar-refractivity contribution < 1.29 is 23.6 Å². The van der Waals surface area contributed by atoms with Crippen LogP contribution in [0.5, 0.6) is 0 Å². The van der Waals surface area contributed by atoms with Crippen LogP contribution >= 0.6 is 0 Å². The first-order chi connectivity index (χ1) is 10.6. The average Bonchev–Trinajstić information content (AvgIpc) is 3.13. The number of likely N-dealkylation sites (tertiary alicyclic amines) is 1. The van der Waals surface area contributed by atoms with Crippen molar-refractivity contribution in [1.29, 1.82) is 0 Å². The third-order valence-corrected chi connectivity index (χ3v) is 3.60. The van der Waals surface area contributed by atoms with Crippen molar-refractivity contribution in [2.75, 3.05) is 41.0 Å². The van der Waals surface area contributed by atoms with Crippen molar-refractivity contribution >= 4 is 11.8 Å². The topological polar surface area (TPSA) is 107 Å². The molecule has 1 aliphatic rings. The van der Waals surface area contributed by atoms with Crippen molar-refractivity contribution in [2.45, 2.75) is 12.5 Å². The van der Waals surface area contributed by atoms with Crippen molar-refractivity contribution in [3.8, 4) is 0 Å². The number of hydrogen-bond donors (Lipinski definition) is 1. The molecule has 122 valence electrons. The summed E-state index contributed by atoms with van der Waals surface area (Å²) in [5.74, 6) is -0.344. The van der Waals surface area contributed by atoms with Gasteiger partial charge >= 0.3 is 0 Å². The molecule has 2 amide bonds. The molecule has 0 unspecified atom stereocenters. The van der Waals surface area contributed by atoms with Gasteiger partial charge in [-0.1, -0.05) is 5.16 Å². The van der Waals surface area contributed by atoms with E-state index in [1.165, 1.54) is 14.2 Å². The summed E-state index contributed by atoms with van der Waals surface area (Å²) < 4.78 is 15.0. The molecule has 1 aromatic rings. The molecule has 22 heavy (non-hydrogen) atoms. The third-order valence-electron chi connectivity index (χ3n) is 3.60. The number of carbonyl (C=O) groups excluding carboxylic acids is 2. The molecule has 1 aromatic heterocycles. The number of methoxy groups -OCH3 is 2. The van der Waals surface area contributed by atoms with Crippen LogP contribution in [0.1, 0.15) is 17.6 Å². The summed E-state index contributed by atoms with van der Waals surface area (Å²) in [4.78, 5) is 29.8. The van der Waals surface area contributed by atoms with E-state index < -0.39 is 5.92 Å². The number of rotatable bonds is 6. The molecular formula is C13H20N4O5. The number of carbonyl (C=O) groups is 2. The molecule has 9 nitrogen and oxygen atoms in total. The van der Waals surface area contributed by atoms with Crippen LogP contribution in [0.2, 0.25) is 0 Å². The minimum absolute atomic E-state index is 0.0219. The Kier molecular flexibility index (Phi) is 5.45. The van der Waals surface area contributed by atoms with Crippen molar-refractivity contribution in [2.24, 2.45) is 5.92 Å². The smallest absolute Gasteiger partial charge is 0.248 e. The second kappa shape index (κ2) is 7.32. The molecule has 1 fully saturated rings. The van der Waals surface area contributed by atoms with Crippen LogP contribution in [-0.4, -0.2) is 67.8 Å². The van der Waals surface area contributed by atoms with Gasteiger partial charge in [-0.2, -0.15) is 4.98 Å². The first-order valence-corrected chi connectivity index (χ1v) is 6.90. The first kappa shape index (κ1) is 16.4. The zero-order valence-electron chi connectivity index (χ0n) is 12.9. The lowest BCUT2D eigenvalue weighted by Gasteiger charge is -2.15. The Bertz CT molecular complexity index is 532. The fourth-order valence-electron chi connectivity index (χ4n) is 2.53. The van der Waals surface area contributed by atoms with E-state index >= 15 is 0 Å². The van der Waals surface area contributed by atoms with Gasteiger partial charge in [0.1, 0.15) is 13.2 Å². The van der Waals surface area contributed by atoms with Crippen LogP contribution in [0.3, 0.4) is 0 Å². The number of ether oxygens (including phenoxy) is 2. The second-order valence-electron chi connectivity index (χ2n) is 5.04.